The van der Waals surface area contributed by atoms with Gasteiger partial charge in [0, 0.05) is 11.1 Å². The Bertz CT molecular complexity index is 402. The van der Waals surface area contributed by atoms with Gasteiger partial charge < -0.3 is 15.2 Å². The van der Waals surface area contributed by atoms with Gasteiger partial charge in [0.2, 0.25) is 0 Å². The Morgan fingerprint density at radius 3 is 2.38 bits per heavy atom. The second-order valence-corrected chi connectivity index (χ2v) is 4.55. The first kappa shape index (κ1) is 11.6. The zero-order valence-corrected chi connectivity index (χ0v) is 10.3. The molecular formula is C12H16ClNO2. The third-order valence-electron chi connectivity index (χ3n) is 3.27. The minimum absolute atomic E-state index is 0.277. The Morgan fingerprint density at radius 2 is 1.94 bits per heavy atom. The van der Waals surface area contributed by atoms with Gasteiger partial charge in [-0.15, -0.1) is 0 Å². The lowest BCUT2D eigenvalue weighted by atomic mass is 9.72. The fourth-order valence-electron chi connectivity index (χ4n) is 2.11. The first-order valence-electron chi connectivity index (χ1n) is 5.32. The van der Waals surface area contributed by atoms with Crippen molar-refractivity contribution >= 4 is 11.6 Å². The van der Waals surface area contributed by atoms with Crippen molar-refractivity contribution in [2.45, 2.75) is 24.8 Å². The van der Waals surface area contributed by atoms with Gasteiger partial charge in [0.25, 0.3) is 0 Å². The summed E-state index contributed by atoms with van der Waals surface area (Å²) in [6.45, 7) is 0. The van der Waals surface area contributed by atoms with Crippen LogP contribution in [0.1, 0.15) is 24.8 Å². The molecule has 0 aliphatic heterocycles. The van der Waals surface area contributed by atoms with Crippen molar-refractivity contribution in [3.05, 3.63) is 22.7 Å². The Labute approximate surface area is 100 Å². The van der Waals surface area contributed by atoms with Gasteiger partial charge in [-0.2, -0.15) is 0 Å². The summed E-state index contributed by atoms with van der Waals surface area (Å²) in [6, 6.07) is 3.79. The molecule has 1 aliphatic rings. The fraction of sp³-hybridized carbons (Fsp3) is 0.500. The number of rotatable bonds is 3. The van der Waals surface area contributed by atoms with Gasteiger partial charge in [0.1, 0.15) is 16.5 Å². The average Bonchev–Trinajstić information content (AvgIpc) is 2.25. The number of hydrogen-bond acceptors (Lipinski definition) is 3. The highest BCUT2D eigenvalue weighted by molar-refractivity contribution is 6.33. The van der Waals surface area contributed by atoms with Crippen LogP contribution in [-0.2, 0) is 5.54 Å². The highest BCUT2D eigenvalue weighted by Gasteiger charge is 2.37. The molecule has 0 amide bonds. The minimum atomic E-state index is -0.277. The van der Waals surface area contributed by atoms with E-state index in [1.165, 1.54) is 0 Å². The monoisotopic (exact) mass is 241 g/mol. The maximum atomic E-state index is 6.28. The summed E-state index contributed by atoms with van der Waals surface area (Å²) in [7, 11) is 3.19. The molecule has 0 heterocycles. The molecule has 0 radical (unpaired) electrons. The number of ether oxygens (including phenoxy) is 2. The van der Waals surface area contributed by atoms with E-state index >= 15 is 0 Å². The van der Waals surface area contributed by atoms with E-state index in [0.717, 1.165) is 24.8 Å². The summed E-state index contributed by atoms with van der Waals surface area (Å²) < 4.78 is 10.5. The largest absolute Gasteiger partial charge is 0.495 e. The fourth-order valence-corrected chi connectivity index (χ4v) is 2.43. The zero-order valence-electron chi connectivity index (χ0n) is 9.55. The van der Waals surface area contributed by atoms with Crippen molar-refractivity contribution in [2.24, 2.45) is 5.73 Å². The molecule has 1 aromatic carbocycles. The molecular weight excluding hydrogens is 226 g/mol. The van der Waals surface area contributed by atoms with Crippen LogP contribution in [0.4, 0.5) is 0 Å². The summed E-state index contributed by atoms with van der Waals surface area (Å²) in [5.74, 6) is 1.26. The van der Waals surface area contributed by atoms with E-state index < -0.39 is 0 Å². The van der Waals surface area contributed by atoms with Gasteiger partial charge in [0.15, 0.2) is 0 Å². The van der Waals surface area contributed by atoms with Gasteiger partial charge in [-0.3, -0.25) is 0 Å². The van der Waals surface area contributed by atoms with Crippen molar-refractivity contribution in [3.63, 3.8) is 0 Å². The summed E-state index contributed by atoms with van der Waals surface area (Å²) in [5, 5.41) is 0.499. The SMILES string of the molecule is COc1ccc(C2(N)CCC2)c(OC)c1Cl. The maximum absolute atomic E-state index is 6.28. The lowest BCUT2D eigenvalue weighted by Gasteiger charge is -2.39. The predicted octanol–water partition coefficient (Wildman–Crippen LogP) is 2.70. The smallest absolute Gasteiger partial charge is 0.146 e. The Kier molecular flexibility index (Phi) is 3.00. The zero-order chi connectivity index (χ0) is 11.8. The van der Waals surface area contributed by atoms with Crippen molar-refractivity contribution < 1.29 is 9.47 Å². The Morgan fingerprint density at radius 1 is 1.25 bits per heavy atom. The lowest BCUT2D eigenvalue weighted by Crippen LogP contribution is -2.43. The lowest BCUT2D eigenvalue weighted by molar-refractivity contribution is 0.243. The van der Waals surface area contributed by atoms with Crippen LogP contribution in [0, 0.1) is 0 Å². The molecule has 16 heavy (non-hydrogen) atoms. The van der Waals surface area contributed by atoms with E-state index in [4.69, 9.17) is 26.8 Å². The second-order valence-electron chi connectivity index (χ2n) is 4.17. The van der Waals surface area contributed by atoms with Gasteiger partial charge in [-0.05, 0) is 31.4 Å². The number of benzene rings is 1. The van der Waals surface area contributed by atoms with Crippen LogP contribution in [0.2, 0.25) is 5.02 Å². The molecule has 3 nitrogen and oxygen atoms in total. The number of hydrogen-bond donors (Lipinski definition) is 1. The molecule has 2 N–H and O–H groups in total. The Hall–Kier alpha value is -0.930. The first-order valence-corrected chi connectivity index (χ1v) is 5.70. The molecule has 0 unspecified atom stereocenters. The second kappa shape index (κ2) is 4.15. The van der Waals surface area contributed by atoms with E-state index in [1.54, 1.807) is 14.2 Å². The molecule has 1 aromatic rings. The predicted molar refractivity (Wildman–Crippen MR) is 64.3 cm³/mol. The van der Waals surface area contributed by atoms with Gasteiger partial charge in [-0.1, -0.05) is 11.6 Å². The van der Waals surface area contributed by atoms with Crippen molar-refractivity contribution in [1.29, 1.82) is 0 Å². The van der Waals surface area contributed by atoms with Crippen LogP contribution in [0.5, 0.6) is 11.5 Å². The van der Waals surface area contributed by atoms with Gasteiger partial charge >= 0.3 is 0 Å². The van der Waals surface area contributed by atoms with Crippen LogP contribution in [0.15, 0.2) is 12.1 Å². The molecule has 0 spiro atoms. The van der Waals surface area contributed by atoms with Gasteiger partial charge in [0.05, 0.1) is 14.2 Å². The molecule has 2 rings (SSSR count). The standard InChI is InChI=1S/C12H16ClNO2/c1-15-9-5-4-8(11(16-2)10(9)13)12(14)6-3-7-12/h4-5H,3,6-7,14H2,1-2H3. The third-order valence-corrected chi connectivity index (χ3v) is 3.63. The first-order chi connectivity index (χ1) is 7.62. The summed E-state index contributed by atoms with van der Waals surface area (Å²) in [6.07, 6.45) is 3.11. The van der Waals surface area contributed by atoms with Crippen LogP contribution >= 0.6 is 11.6 Å². The molecule has 0 aromatic heterocycles. The van der Waals surface area contributed by atoms with Crippen LogP contribution in [-0.4, -0.2) is 14.2 Å². The molecule has 88 valence electrons. The highest BCUT2D eigenvalue weighted by Crippen LogP contribution is 2.47. The third kappa shape index (κ3) is 1.64. The molecule has 0 bridgehead atoms. The summed E-state index contributed by atoms with van der Waals surface area (Å²) >= 11 is 6.20. The van der Waals surface area contributed by atoms with Crippen molar-refractivity contribution in [3.8, 4) is 11.5 Å². The van der Waals surface area contributed by atoms with Crippen molar-refractivity contribution in [1.82, 2.24) is 0 Å². The molecule has 0 saturated heterocycles. The number of methoxy groups -OCH3 is 2. The molecule has 4 heteroatoms. The van der Waals surface area contributed by atoms with E-state index in [-0.39, 0.29) is 5.54 Å². The quantitative estimate of drug-likeness (QED) is 0.885. The minimum Gasteiger partial charge on any atom is -0.495 e. The van der Waals surface area contributed by atoms with E-state index in [0.29, 0.717) is 16.5 Å². The molecule has 1 fully saturated rings. The van der Waals surface area contributed by atoms with Crippen LogP contribution in [0.3, 0.4) is 0 Å². The number of nitrogens with two attached hydrogens (primary N) is 1. The topological polar surface area (TPSA) is 44.5 Å². The summed E-state index contributed by atoms with van der Waals surface area (Å²) in [4.78, 5) is 0. The van der Waals surface area contributed by atoms with E-state index in [1.807, 2.05) is 12.1 Å². The van der Waals surface area contributed by atoms with E-state index in [2.05, 4.69) is 0 Å². The average molecular weight is 242 g/mol. The van der Waals surface area contributed by atoms with Gasteiger partial charge in [-0.25, -0.2) is 0 Å². The summed E-state index contributed by atoms with van der Waals surface area (Å²) in [5.41, 5.74) is 6.98. The van der Waals surface area contributed by atoms with E-state index in [9.17, 15) is 0 Å². The number of halogens is 1. The van der Waals surface area contributed by atoms with Crippen molar-refractivity contribution in [2.75, 3.05) is 14.2 Å². The normalized spacial score (nSPS) is 17.8. The maximum Gasteiger partial charge on any atom is 0.146 e. The highest BCUT2D eigenvalue weighted by atomic mass is 35.5. The Balaban J connectivity index is 2.50. The van der Waals surface area contributed by atoms with Crippen LogP contribution in [0.25, 0.3) is 0 Å². The molecule has 0 atom stereocenters. The van der Waals surface area contributed by atoms with Crippen LogP contribution < -0.4 is 15.2 Å². The molecule has 1 aliphatic carbocycles. The molecule has 1 saturated carbocycles.